The van der Waals surface area contributed by atoms with Crippen LogP contribution in [-0.4, -0.2) is 19.5 Å². The molecule has 0 unspecified atom stereocenters. The summed E-state index contributed by atoms with van der Waals surface area (Å²) >= 11 is 6.09. The average Bonchev–Trinajstić information content (AvgIpc) is 2.71. The minimum atomic E-state index is 0.167. The molecule has 6 nitrogen and oxygen atoms in total. The number of nitrogens with two attached hydrogens (primary N) is 1. The number of hydrogen-bond acceptors (Lipinski definition) is 4. The molecule has 0 aliphatic rings. The lowest BCUT2D eigenvalue weighted by Crippen LogP contribution is -2.20. The maximum absolute atomic E-state index is 8.14. The van der Waals surface area contributed by atoms with Gasteiger partial charge in [0.05, 0.1) is 5.69 Å². The molecule has 3 rings (SSSR count). The Balaban J connectivity index is 2.40. The molecule has 2 heterocycles. The van der Waals surface area contributed by atoms with Crippen molar-refractivity contribution in [2.75, 3.05) is 5.73 Å². The van der Waals surface area contributed by atoms with Gasteiger partial charge in [-0.25, -0.2) is 0 Å². The Kier molecular flexibility index (Phi) is 2.31. The predicted molar refractivity (Wildman–Crippen MR) is 68.5 cm³/mol. The number of benzene rings is 1. The van der Waals surface area contributed by atoms with Crippen LogP contribution >= 0.6 is 11.6 Å². The molecular weight excluding hydrogens is 252 g/mol. The first-order valence-electron chi connectivity index (χ1n) is 5.20. The second-order valence-corrected chi connectivity index (χ2v) is 4.06. The largest absolute Gasteiger partial charge is 0.369 e. The molecule has 4 N–H and O–H groups in total. The Bertz CT molecular complexity index is 773. The van der Waals surface area contributed by atoms with Gasteiger partial charge in [0.15, 0.2) is 17.1 Å². The number of nitrogens with one attached hydrogen (secondary N) is 2. The van der Waals surface area contributed by atoms with Crippen molar-refractivity contribution < 1.29 is 0 Å². The molecular formula is C11H9ClN6. The fraction of sp³-hybridized carbons (Fsp3) is 0. The van der Waals surface area contributed by atoms with Gasteiger partial charge in [-0.1, -0.05) is 18.2 Å². The van der Waals surface area contributed by atoms with Gasteiger partial charge in [-0.05, 0) is 23.7 Å². The van der Waals surface area contributed by atoms with E-state index in [9.17, 15) is 0 Å². The number of nitrogens with zero attached hydrogens (tertiary/aromatic N) is 3. The number of H-pyrrole nitrogens is 1. The number of nitrogen functional groups attached to an aromatic ring is 1. The SMILES string of the molecule is N=c1c2[nH]c(N)nc2nc(Cl)n1-c1ccccc1. The number of aromatic amines is 1. The van der Waals surface area contributed by atoms with Crippen LogP contribution in [-0.2, 0) is 0 Å². The highest BCUT2D eigenvalue weighted by atomic mass is 35.5. The highest BCUT2D eigenvalue weighted by molar-refractivity contribution is 6.29. The van der Waals surface area contributed by atoms with E-state index >= 15 is 0 Å². The minimum Gasteiger partial charge on any atom is -0.369 e. The van der Waals surface area contributed by atoms with Crippen molar-refractivity contribution in [1.29, 1.82) is 5.41 Å². The van der Waals surface area contributed by atoms with Gasteiger partial charge in [-0.2, -0.15) is 9.97 Å². The van der Waals surface area contributed by atoms with Crippen LogP contribution in [0.4, 0.5) is 5.95 Å². The lowest BCUT2D eigenvalue weighted by atomic mass is 10.3. The molecule has 7 heteroatoms. The van der Waals surface area contributed by atoms with Crippen LogP contribution in [0.5, 0.6) is 0 Å². The van der Waals surface area contributed by atoms with Crippen molar-refractivity contribution in [3.8, 4) is 5.69 Å². The Hall–Kier alpha value is -2.34. The van der Waals surface area contributed by atoms with E-state index in [1.54, 1.807) is 0 Å². The van der Waals surface area contributed by atoms with Gasteiger partial charge < -0.3 is 10.7 Å². The number of hydrogen-bond donors (Lipinski definition) is 3. The Morgan fingerprint density at radius 3 is 2.67 bits per heavy atom. The summed E-state index contributed by atoms with van der Waals surface area (Å²) < 4.78 is 1.52. The first kappa shape index (κ1) is 10.8. The summed E-state index contributed by atoms with van der Waals surface area (Å²) in [7, 11) is 0. The zero-order valence-electron chi connectivity index (χ0n) is 9.18. The first-order valence-corrected chi connectivity index (χ1v) is 5.58. The van der Waals surface area contributed by atoms with E-state index in [1.165, 1.54) is 4.57 Å². The summed E-state index contributed by atoms with van der Waals surface area (Å²) in [5.41, 5.74) is 7.28. The van der Waals surface area contributed by atoms with Crippen molar-refractivity contribution in [1.82, 2.24) is 19.5 Å². The van der Waals surface area contributed by atoms with Crippen molar-refractivity contribution in [3.05, 3.63) is 41.1 Å². The highest BCUT2D eigenvalue weighted by Gasteiger charge is 2.11. The van der Waals surface area contributed by atoms with Gasteiger partial charge in [-0.3, -0.25) is 9.98 Å². The van der Waals surface area contributed by atoms with Crippen LogP contribution in [0.25, 0.3) is 16.9 Å². The quantitative estimate of drug-likeness (QED) is 0.578. The number of rotatable bonds is 1. The fourth-order valence-electron chi connectivity index (χ4n) is 1.78. The van der Waals surface area contributed by atoms with Gasteiger partial charge >= 0.3 is 0 Å². The third-order valence-corrected chi connectivity index (χ3v) is 2.81. The number of aromatic nitrogens is 4. The molecule has 0 bridgehead atoms. The molecule has 0 radical (unpaired) electrons. The lowest BCUT2D eigenvalue weighted by Gasteiger charge is -2.08. The van der Waals surface area contributed by atoms with Crippen LogP contribution in [0, 0.1) is 5.41 Å². The summed E-state index contributed by atoms with van der Waals surface area (Å²) in [6, 6.07) is 9.31. The van der Waals surface area contributed by atoms with E-state index in [4.69, 9.17) is 22.7 Å². The average molecular weight is 261 g/mol. The summed E-state index contributed by atoms with van der Waals surface area (Å²) in [4.78, 5) is 10.9. The molecule has 2 aromatic heterocycles. The number of halogens is 1. The molecule has 90 valence electrons. The maximum Gasteiger partial charge on any atom is 0.211 e. The Labute approximate surface area is 107 Å². The second-order valence-electron chi connectivity index (χ2n) is 3.72. The summed E-state index contributed by atoms with van der Waals surface area (Å²) in [5, 5.41) is 8.31. The third-order valence-electron chi connectivity index (χ3n) is 2.56. The van der Waals surface area contributed by atoms with Gasteiger partial charge in [0.1, 0.15) is 5.52 Å². The maximum atomic E-state index is 8.14. The van der Waals surface area contributed by atoms with E-state index < -0.39 is 0 Å². The van der Waals surface area contributed by atoms with E-state index in [2.05, 4.69) is 15.0 Å². The van der Waals surface area contributed by atoms with Crippen LogP contribution in [0.1, 0.15) is 0 Å². The number of anilines is 1. The number of fused-ring (bicyclic) bond motifs is 1. The molecule has 1 aromatic carbocycles. The van der Waals surface area contributed by atoms with Crippen molar-refractivity contribution in [2.24, 2.45) is 0 Å². The number of imidazole rings is 1. The van der Waals surface area contributed by atoms with E-state index in [1.807, 2.05) is 30.3 Å². The summed E-state index contributed by atoms with van der Waals surface area (Å²) in [6.45, 7) is 0. The van der Waals surface area contributed by atoms with Gasteiger partial charge in [0.2, 0.25) is 5.28 Å². The van der Waals surface area contributed by atoms with Gasteiger partial charge in [0, 0.05) is 0 Å². The fourth-order valence-corrected chi connectivity index (χ4v) is 2.04. The van der Waals surface area contributed by atoms with Gasteiger partial charge in [0.25, 0.3) is 0 Å². The normalized spacial score (nSPS) is 10.9. The third kappa shape index (κ3) is 1.54. The summed E-state index contributed by atoms with van der Waals surface area (Å²) in [5.74, 6) is 0.216. The molecule has 0 saturated heterocycles. The van der Waals surface area contributed by atoms with Crippen LogP contribution in [0.2, 0.25) is 5.28 Å². The monoisotopic (exact) mass is 260 g/mol. The van der Waals surface area contributed by atoms with Crippen molar-refractivity contribution in [2.45, 2.75) is 0 Å². The minimum absolute atomic E-state index is 0.167. The van der Waals surface area contributed by atoms with Gasteiger partial charge in [-0.15, -0.1) is 0 Å². The predicted octanol–water partition coefficient (Wildman–Crippen LogP) is 1.46. The molecule has 0 spiro atoms. The summed E-state index contributed by atoms with van der Waals surface area (Å²) in [6.07, 6.45) is 0. The molecule has 3 aromatic rings. The Morgan fingerprint density at radius 2 is 1.94 bits per heavy atom. The van der Waals surface area contributed by atoms with E-state index in [0.29, 0.717) is 11.2 Å². The molecule has 0 aliphatic heterocycles. The first-order chi connectivity index (χ1) is 8.66. The number of para-hydroxylation sites is 1. The highest BCUT2D eigenvalue weighted by Crippen LogP contribution is 2.15. The Morgan fingerprint density at radius 1 is 1.22 bits per heavy atom. The van der Waals surface area contributed by atoms with E-state index in [0.717, 1.165) is 5.69 Å². The standard InChI is InChI=1S/C11H9ClN6/c12-10-16-9-7(15-11(14)17-9)8(13)18(10)6-4-2-1-3-5-6/h1-5,13H,(H3,14,15,17). The molecule has 0 fully saturated rings. The zero-order valence-corrected chi connectivity index (χ0v) is 9.94. The van der Waals surface area contributed by atoms with Crippen molar-refractivity contribution >= 4 is 28.7 Å². The lowest BCUT2D eigenvalue weighted by molar-refractivity contribution is 0.906. The zero-order chi connectivity index (χ0) is 12.7. The topological polar surface area (TPSA) is 96.4 Å². The smallest absolute Gasteiger partial charge is 0.211 e. The molecule has 0 amide bonds. The van der Waals surface area contributed by atoms with Crippen LogP contribution < -0.4 is 11.2 Å². The van der Waals surface area contributed by atoms with Crippen LogP contribution in [0.3, 0.4) is 0 Å². The molecule has 0 aliphatic carbocycles. The molecule has 18 heavy (non-hydrogen) atoms. The van der Waals surface area contributed by atoms with E-state index in [-0.39, 0.29) is 16.7 Å². The second kappa shape index (κ2) is 3.85. The van der Waals surface area contributed by atoms with Crippen molar-refractivity contribution in [3.63, 3.8) is 0 Å². The molecule has 0 saturated carbocycles. The van der Waals surface area contributed by atoms with Crippen LogP contribution in [0.15, 0.2) is 30.3 Å². The molecule has 0 atom stereocenters.